The summed E-state index contributed by atoms with van der Waals surface area (Å²) in [5, 5.41) is 10.1. The highest BCUT2D eigenvalue weighted by atomic mass is 127. The standard InChI is InChI=1S/C17H14Cl2INO4S/c18-11-7-12(19)9-14(8-11)26(24,25)21-6-5-15(16(21)17(22)23)10-1-3-13(20)4-2-10/h1-4,7-9,15-16H,5-6H2,(H,22,23)/t15-,16?/m1/s1. The van der Waals surface area contributed by atoms with Crippen LogP contribution < -0.4 is 0 Å². The first-order valence-electron chi connectivity index (χ1n) is 7.66. The van der Waals surface area contributed by atoms with Gasteiger partial charge in [0.2, 0.25) is 10.0 Å². The van der Waals surface area contributed by atoms with Gasteiger partial charge in [-0.15, -0.1) is 0 Å². The van der Waals surface area contributed by atoms with Gasteiger partial charge in [-0.25, -0.2) is 8.42 Å². The van der Waals surface area contributed by atoms with Gasteiger partial charge in [-0.2, -0.15) is 4.31 Å². The molecule has 1 unspecified atom stereocenters. The zero-order chi connectivity index (χ0) is 19.1. The van der Waals surface area contributed by atoms with Crippen molar-refractivity contribution in [2.75, 3.05) is 6.54 Å². The largest absolute Gasteiger partial charge is 0.480 e. The predicted octanol–water partition coefficient (Wildman–Crippen LogP) is 4.23. The molecule has 0 radical (unpaired) electrons. The molecule has 9 heteroatoms. The molecule has 5 nitrogen and oxygen atoms in total. The number of carboxylic acid groups (broad SMARTS) is 1. The number of nitrogens with zero attached hydrogens (tertiary/aromatic N) is 1. The van der Waals surface area contributed by atoms with Crippen LogP contribution in [0.5, 0.6) is 0 Å². The van der Waals surface area contributed by atoms with Crippen LogP contribution in [0, 0.1) is 3.57 Å². The first kappa shape index (κ1) is 19.9. The smallest absolute Gasteiger partial charge is 0.322 e. The molecular weight excluding hydrogens is 512 g/mol. The van der Waals surface area contributed by atoms with Gasteiger partial charge in [0.05, 0.1) is 4.90 Å². The van der Waals surface area contributed by atoms with E-state index in [2.05, 4.69) is 22.6 Å². The Bertz CT molecular complexity index is 929. The third-order valence-electron chi connectivity index (χ3n) is 4.35. The van der Waals surface area contributed by atoms with Gasteiger partial charge in [0, 0.05) is 26.1 Å². The molecule has 1 N–H and O–H groups in total. The van der Waals surface area contributed by atoms with Crippen molar-refractivity contribution in [2.24, 2.45) is 0 Å². The highest BCUT2D eigenvalue weighted by molar-refractivity contribution is 14.1. The van der Waals surface area contributed by atoms with Crippen LogP contribution in [0.4, 0.5) is 0 Å². The summed E-state index contributed by atoms with van der Waals surface area (Å²) in [5.74, 6) is -1.60. The molecule has 26 heavy (non-hydrogen) atoms. The highest BCUT2D eigenvalue weighted by Gasteiger charge is 2.46. The van der Waals surface area contributed by atoms with Gasteiger partial charge in [0.15, 0.2) is 0 Å². The van der Waals surface area contributed by atoms with Crippen LogP contribution in [0.15, 0.2) is 47.4 Å². The van der Waals surface area contributed by atoms with Crippen LogP contribution in [-0.2, 0) is 14.8 Å². The lowest BCUT2D eigenvalue weighted by molar-refractivity contribution is -0.141. The number of aliphatic carboxylic acids is 1. The van der Waals surface area contributed by atoms with E-state index in [1.807, 2.05) is 24.3 Å². The van der Waals surface area contributed by atoms with Gasteiger partial charge < -0.3 is 5.11 Å². The summed E-state index contributed by atoms with van der Waals surface area (Å²) in [6, 6.07) is 10.2. The summed E-state index contributed by atoms with van der Waals surface area (Å²) in [6.45, 7) is 0.111. The van der Waals surface area contributed by atoms with Crippen molar-refractivity contribution < 1.29 is 18.3 Å². The lowest BCUT2D eigenvalue weighted by Gasteiger charge is -2.24. The van der Waals surface area contributed by atoms with E-state index in [0.29, 0.717) is 6.42 Å². The summed E-state index contributed by atoms with van der Waals surface area (Å²) >= 11 is 14.0. The van der Waals surface area contributed by atoms with E-state index in [0.717, 1.165) is 13.4 Å². The van der Waals surface area contributed by atoms with Crippen LogP contribution in [-0.4, -0.2) is 36.4 Å². The van der Waals surface area contributed by atoms with Crippen LogP contribution in [0.3, 0.4) is 0 Å². The number of sulfonamides is 1. The summed E-state index contributed by atoms with van der Waals surface area (Å²) in [4.78, 5) is 11.8. The van der Waals surface area contributed by atoms with Gasteiger partial charge in [-0.1, -0.05) is 35.3 Å². The van der Waals surface area contributed by atoms with E-state index < -0.39 is 28.0 Å². The Morgan fingerprint density at radius 2 is 1.69 bits per heavy atom. The van der Waals surface area contributed by atoms with Crippen molar-refractivity contribution in [3.8, 4) is 0 Å². The quantitative estimate of drug-likeness (QED) is 0.606. The Morgan fingerprint density at radius 3 is 2.23 bits per heavy atom. The van der Waals surface area contributed by atoms with E-state index in [4.69, 9.17) is 23.2 Å². The van der Waals surface area contributed by atoms with E-state index in [9.17, 15) is 18.3 Å². The minimum atomic E-state index is -4.04. The Morgan fingerprint density at radius 1 is 1.12 bits per heavy atom. The monoisotopic (exact) mass is 525 g/mol. The molecule has 0 bridgehead atoms. The van der Waals surface area contributed by atoms with Gasteiger partial charge >= 0.3 is 5.97 Å². The molecule has 1 aliphatic heterocycles. The second kappa shape index (κ2) is 7.63. The third-order valence-corrected chi connectivity index (χ3v) is 7.36. The molecular formula is C17H14Cl2INO4S. The first-order chi connectivity index (χ1) is 12.2. The van der Waals surface area contributed by atoms with Gasteiger partial charge in [-0.3, -0.25) is 4.79 Å². The zero-order valence-corrected chi connectivity index (χ0v) is 17.8. The average molecular weight is 526 g/mol. The number of rotatable bonds is 4. The molecule has 1 fully saturated rings. The molecule has 0 amide bonds. The molecule has 0 saturated carbocycles. The van der Waals surface area contributed by atoms with E-state index in [-0.39, 0.29) is 21.5 Å². The predicted molar refractivity (Wildman–Crippen MR) is 108 cm³/mol. The topological polar surface area (TPSA) is 74.7 Å². The summed E-state index contributed by atoms with van der Waals surface area (Å²) in [6.07, 6.45) is 0.422. The van der Waals surface area contributed by atoms with Crippen molar-refractivity contribution in [3.63, 3.8) is 0 Å². The molecule has 1 saturated heterocycles. The van der Waals surface area contributed by atoms with Gasteiger partial charge in [-0.05, 0) is 64.9 Å². The fourth-order valence-electron chi connectivity index (χ4n) is 3.20. The first-order valence-corrected chi connectivity index (χ1v) is 10.9. The summed E-state index contributed by atoms with van der Waals surface area (Å²) in [5.41, 5.74) is 0.805. The normalized spacial score (nSPS) is 21.0. The number of hydrogen-bond acceptors (Lipinski definition) is 3. The Kier molecular flexibility index (Phi) is 5.83. The lowest BCUT2D eigenvalue weighted by Crippen LogP contribution is -2.42. The van der Waals surface area contributed by atoms with Crippen molar-refractivity contribution in [3.05, 3.63) is 61.6 Å². The molecule has 2 aromatic rings. The summed E-state index contributed by atoms with van der Waals surface area (Å²) in [7, 11) is -4.04. The lowest BCUT2D eigenvalue weighted by atomic mass is 9.92. The third kappa shape index (κ3) is 3.87. The summed E-state index contributed by atoms with van der Waals surface area (Å²) < 4.78 is 28.1. The van der Waals surface area contributed by atoms with Crippen LogP contribution in [0.2, 0.25) is 10.0 Å². The second-order valence-electron chi connectivity index (χ2n) is 5.95. The van der Waals surface area contributed by atoms with E-state index in [1.54, 1.807) is 0 Å². The van der Waals surface area contributed by atoms with Crippen LogP contribution in [0.25, 0.3) is 0 Å². The maximum Gasteiger partial charge on any atom is 0.322 e. The fraction of sp³-hybridized carbons (Fsp3) is 0.235. The Labute approximate surface area is 175 Å². The molecule has 1 heterocycles. The molecule has 0 spiro atoms. The molecule has 138 valence electrons. The van der Waals surface area contributed by atoms with Crippen molar-refractivity contribution in [1.29, 1.82) is 0 Å². The molecule has 0 aromatic heterocycles. The highest BCUT2D eigenvalue weighted by Crippen LogP contribution is 2.38. The second-order valence-corrected chi connectivity index (χ2v) is 9.96. The van der Waals surface area contributed by atoms with E-state index in [1.165, 1.54) is 18.2 Å². The van der Waals surface area contributed by atoms with Crippen molar-refractivity contribution >= 4 is 61.8 Å². The molecule has 1 aliphatic rings. The average Bonchev–Trinajstić information content (AvgIpc) is 3.00. The number of hydrogen-bond donors (Lipinski definition) is 1. The number of benzene rings is 2. The maximum absolute atomic E-state index is 13.0. The van der Waals surface area contributed by atoms with Crippen LogP contribution >= 0.6 is 45.8 Å². The molecule has 2 atom stereocenters. The number of halogens is 3. The molecule has 0 aliphatic carbocycles. The minimum absolute atomic E-state index is 0.107. The zero-order valence-electron chi connectivity index (χ0n) is 13.3. The SMILES string of the molecule is O=C(O)C1[C@@H](c2ccc(I)cc2)CCN1S(=O)(=O)c1cc(Cl)cc(Cl)c1. The van der Waals surface area contributed by atoms with Crippen LogP contribution in [0.1, 0.15) is 17.9 Å². The van der Waals surface area contributed by atoms with Crippen molar-refractivity contribution in [1.82, 2.24) is 4.31 Å². The Balaban J connectivity index is 2.01. The fourth-order valence-corrected chi connectivity index (χ4v) is 5.92. The number of carboxylic acids is 1. The van der Waals surface area contributed by atoms with Gasteiger partial charge in [0.25, 0.3) is 0 Å². The minimum Gasteiger partial charge on any atom is -0.480 e. The molecule has 3 rings (SSSR count). The number of carbonyl (C=O) groups is 1. The maximum atomic E-state index is 13.0. The Hall–Kier alpha value is -0.870. The molecule has 2 aromatic carbocycles. The van der Waals surface area contributed by atoms with Crippen molar-refractivity contribution in [2.45, 2.75) is 23.3 Å². The van der Waals surface area contributed by atoms with E-state index >= 15 is 0 Å². The van der Waals surface area contributed by atoms with Gasteiger partial charge in [0.1, 0.15) is 6.04 Å².